The van der Waals surface area contributed by atoms with Gasteiger partial charge in [-0.1, -0.05) is 30.3 Å². The summed E-state index contributed by atoms with van der Waals surface area (Å²) in [5.74, 6) is 2.42. The van der Waals surface area contributed by atoms with Crippen LogP contribution in [0.1, 0.15) is 11.1 Å². The van der Waals surface area contributed by atoms with Gasteiger partial charge in [0.1, 0.15) is 17.4 Å². The molecule has 0 aliphatic carbocycles. The summed E-state index contributed by atoms with van der Waals surface area (Å²) in [6.45, 7) is 0.753. The quantitative estimate of drug-likeness (QED) is 0.507. The summed E-state index contributed by atoms with van der Waals surface area (Å²) in [4.78, 5) is 8.67. The highest BCUT2D eigenvalue weighted by Gasteiger charge is 2.12. The molecule has 2 aromatic carbocycles. The minimum absolute atomic E-state index is 0.688. The third-order valence-corrected chi connectivity index (χ3v) is 5.10. The molecule has 1 N–H and O–H groups in total. The maximum absolute atomic E-state index is 9.13. The Morgan fingerprint density at radius 2 is 1.92 bits per heavy atom. The zero-order chi connectivity index (χ0) is 17.8. The molecule has 0 saturated carbocycles. The largest absolute Gasteiger partial charge is 0.450 e. The number of nitrogens with zero attached hydrogens (tertiary/aromatic N) is 3. The van der Waals surface area contributed by atoms with Gasteiger partial charge in [-0.05, 0) is 23.8 Å². The molecule has 0 saturated heterocycles. The smallest absolute Gasteiger partial charge is 0.196 e. The molecule has 0 aliphatic heterocycles. The number of fused-ring (bicyclic) bond motifs is 3. The lowest BCUT2D eigenvalue weighted by atomic mass is 10.1. The van der Waals surface area contributed by atoms with Gasteiger partial charge in [-0.3, -0.25) is 0 Å². The summed E-state index contributed by atoms with van der Waals surface area (Å²) in [5, 5.41) is 13.5. The number of hydrogen-bond donors (Lipinski definition) is 1. The second-order valence-corrected chi connectivity index (χ2v) is 6.85. The SMILES string of the molecule is N#Cc1ccccc1CSCCNc1ncnc2c1oc1ccccc12. The van der Waals surface area contributed by atoms with Crippen molar-refractivity contribution in [2.24, 2.45) is 0 Å². The highest BCUT2D eigenvalue weighted by atomic mass is 32.2. The first-order chi connectivity index (χ1) is 12.9. The van der Waals surface area contributed by atoms with Gasteiger partial charge in [0.15, 0.2) is 11.4 Å². The van der Waals surface area contributed by atoms with Crippen LogP contribution < -0.4 is 5.32 Å². The van der Waals surface area contributed by atoms with E-state index in [2.05, 4.69) is 21.4 Å². The zero-order valence-electron chi connectivity index (χ0n) is 14.0. The van der Waals surface area contributed by atoms with Gasteiger partial charge in [0, 0.05) is 23.4 Å². The van der Waals surface area contributed by atoms with Crippen molar-refractivity contribution in [1.82, 2.24) is 9.97 Å². The van der Waals surface area contributed by atoms with Crippen LogP contribution in [0.25, 0.3) is 22.1 Å². The van der Waals surface area contributed by atoms with Crippen LogP contribution in [-0.4, -0.2) is 22.3 Å². The molecule has 128 valence electrons. The minimum atomic E-state index is 0.688. The van der Waals surface area contributed by atoms with E-state index in [1.54, 1.807) is 18.1 Å². The molecule has 0 radical (unpaired) electrons. The van der Waals surface area contributed by atoms with Crippen LogP contribution in [0.4, 0.5) is 5.82 Å². The summed E-state index contributed by atoms with van der Waals surface area (Å²) < 4.78 is 5.91. The summed E-state index contributed by atoms with van der Waals surface area (Å²) >= 11 is 1.78. The van der Waals surface area contributed by atoms with Crippen molar-refractivity contribution in [1.29, 1.82) is 5.26 Å². The Balaban J connectivity index is 1.40. The van der Waals surface area contributed by atoms with Gasteiger partial charge in [-0.2, -0.15) is 17.0 Å². The van der Waals surface area contributed by atoms with E-state index in [4.69, 9.17) is 9.68 Å². The molecule has 5 nitrogen and oxygen atoms in total. The van der Waals surface area contributed by atoms with Crippen molar-refractivity contribution in [2.45, 2.75) is 5.75 Å². The van der Waals surface area contributed by atoms with Crippen LogP contribution in [0.2, 0.25) is 0 Å². The van der Waals surface area contributed by atoms with Gasteiger partial charge < -0.3 is 9.73 Å². The number of anilines is 1. The Bertz CT molecular complexity index is 1100. The lowest BCUT2D eigenvalue weighted by Crippen LogP contribution is -2.06. The predicted molar refractivity (Wildman–Crippen MR) is 105 cm³/mol. The van der Waals surface area contributed by atoms with Crippen molar-refractivity contribution < 1.29 is 4.42 Å². The number of para-hydroxylation sites is 1. The molecule has 4 rings (SSSR count). The molecule has 4 aromatic rings. The van der Waals surface area contributed by atoms with Gasteiger partial charge in [0.05, 0.1) is 11.6 Å². The topological polar surface area (TPSA) is 74.7 Å². The van der Waals surface area contributed by atoms with Gasteiger partial charge in [0.2, 0.25) is 0 Å². The molecule has 0 amide bonds. The normalized spacial score (nSPS) is 10.9. The summed E-state index contributed by atoms with van der Waals surface area (Å²) in [6, 6.07) is 17.8. The first-order valence-corrected chi connectivity index (χ1v) is 9.44. The van der Waals surface area contributed by atoms with E-state index in [1.807, 2.05) is 48.5 Å². The van der Waals surface area contributed by atoms with E-state index in [-0.39, 0.29) is 0 Å². The van der Waals surface area contributed by atoms with Crippen molar-refractivity contribution in [3.05, 3.63) is 66.0 Å². The molecule has 2 aromatic heterocycles. The van der Waals surface area contributed by atoms with E-state index < -0.39 is 0 Å². The Kier molecular flexibility index (Phi) is 4.71. The third-order valence-electron chi connectivity index (χ3n) is 4.09. The van der Waals surface area contributed by atoms with Crippen molar-refractivity contribution in [3.63, 3.8) is 0 Å². The maximum Gasteiger partial charge on any atom is 0.196 e. The fourth-order valence-electron chi connectivity index (χ4n) is 2.83. The monoisotopic (exact) mass is 360 g/mol. The Labute approximate surface area is 155 Å². The summed E-state index contributed by atoms with van der Waals surface area (Å²) in [7, 11) is 0. The Morgan fingerprint density at radius 3 is 2.85 bits per heavy atom. The van der Waals surface area contributed by atoms with Gasteiger partial charge in [-0.15, -0.1) is 0 Å². The van der Waals surface area contributed by atoms with Crippen molar-refractivity contribution >= 4 is 39.6 Å². The highest BCUT2D eigenvalue weighted by Crippen LogP contribution is 2.30. The molecule has 2 heterocycles. The molecule has 0 fully saturated rings. The molecule has 26 heavy (non-hydrogen) atoms. The van der Waals surface area contributed by atoms with Crippen LogP contribution in [0.5, 0.6) is 0 Å². The molecule has 0 spiro atoms. The average Bonchev–Trinajstić information content (AvgIpc) is 3.07. The standard InChI is InChI=1S/C20H16N4OS/c21-11-14-5-1-2-6-15(14)12-26-10-9-22-20-19-18(23-13-24-20)16-7-3-4-8-17(16)25-19/h1-8,13H,9-10,12H2,(H,22,23,24). The van der Waals surface area contributed by atoms with Gasteiger partial charge >= 0.3 is 0 Å². The number of benzene rings is 2. The molecular weight excluding hydrogens is 344 g/mol. The lowest BCUT2D eigenvalue weighted by molar-refractivity contribution is 0.666. The highest BCUT2D eigenvalue weighted by molar-refractivity contribution is 7.98. The summed E-state index contributed by atoms with van der Waals surface area (Å²) in [5.41, 5.74) is 4.14. The summed E-state index contributed by atoms with van der Waals surface area (Å²) in [6.07, 6.45) is 1.56. The number of hydrogen-bond acceptors (Lipinski definition) is 6. The van der Waals surface area contributed by atoms with E-state index in [0.717, 1.165) is 45.7 Å². The number of aromatic nitrogens is 2. The van der Waals surface area contributed by atoms with E-state index in [0.29, 0.717) is 11.4 Å². The number of rotatable bonds is 6. The van der Waals surface area contributed by atoms with Crippen molar-refractivity contribution in [2.75, 3.05) is 17.6 Å². The zero-order valence-corrected chi connectivity index (χ0v) is 14.8. The molecule has 0 unspecified atom stereocenters. The molecule has 0 bridgehead atoms. The predicted octanol–water partition coefficient (Wildman–Crippen LogP) is 4.59. The van der Waals surface area contributed by atoms with Crippen LogP contribution in [0.15, 0.2) is 59.3 Å². The maximum atomic E-state index is 9.13. The van der Waals surface area contributed by atoms with Gasteiger partial charge in [0.25, 0.3) is 0 Å². The second kappa shape index (κ2) is 7.46. The first-order valence-electron chi connectivity index (χ1n) is 8.28. The van der Waals surface area contributed by atoms with Gasteiger partial charge in [-0.25, -0.2) is 9.97 Å². The van der Waals surface area contributed by atoms with E-state index in [1.165, 1.54) is 0 Å². The van der Waals surface area contributed by atoms with Crippen molar-refractivity contribution in [3.8, 4) is 6.07 Å². The van der Waals surface area contributed by atoms with Crippen LogP contribution in [-0.2, 0) is 5.75 Å². The molecular formula is C20H16N4OS. The fourth-order valence-corrected chi connectivity index (χ4v) is 3.69. The van der Waals surface area contributed by atoms with Crippen LogP contribution in [0.3, 0.4) is 0 Å². The third kappa shape index (κ3) is 3.22. The number of thioether (sulfide) groups is 1. The average molecular weight is 360 g/mol. The molecule has 0 aliphatic rings. The fraction of sp³-hybridized carbons (Fsp3) is 0.150. The number of nitrogens with one attached hydrogen (secondary N) is 1. The number of furan rings is 1. The first kappa shape index (κ1) is 16.4. The van der Waals surface area contributed by atoms with Crippen LogP contribution >= 0.6 is 11.8 Å². The van der Waals surface area contributed by atoms with E-state index >= 15 is 0 Å². The second-order valence-electron chi connectivity index (χ2n) is 5.75. The van der Waals surface area contributed by atoms with E-state index in [9.17, 15) is 0 Å². The minimum Gasteiger partial charge on any atom is -0.450 e. The lowest BCUT2D eigenvalue weighted by Gasteiger charge is -2.06. The van der Waals surface area contributed by atoms with Crippen LogP contribution in [0, 0.1) is 11.3 Å². The Hall–Kier alpha value is -3.04. The molecule has 6 heteroatoms. The Morgan fingerprint density at radius 1 is 1.08 bits per heavy atom. The molecule has 0 atom stereocenters. The number of nitriles is 1.